The smallest absolute Gasteiger partial charge is 0.217 e. The van der Waals surface area contributed by atoms with Crippen molar-refractivity contribution in [3.05, 3.63) is 0 Å². The van der Waals surface area contributed by atoms with E-state index in [2.05, 4.69) is 0 Å². The fourth-order valence-corrected chi connectivity index (χ4v) is 4.27. The number of β-amino-alcohol motifs (C(OH)–C–C–N with tert-alkyl or cyclic N) is 1. The molecule has 1 aliphatic carbocycles. The van der Waals surface area contributed by atoms with Crippen LogP contribution in [0.5, 0.6) is 0 Å². The van der Waals surface area contributed by atoms with E-state index in [-0.39, 0.29) is 17.2 Å². The highest BCUT2D eigenvalue weighted by atomic mass is 32.2. The Balaban J connectivity index is 2.07. The quantitative estimate of drug-likeness (QED) is 0.791. The van der Waals surface area contributed by atoms with Crippen molar-refractivity contribution < 1.29 is 13.5 Å². The lowest BCUT2D eigenvalue weighted by Gasteiger charge is -2.42. The van der Waals surface area contributed by atoms with Gasteiger partial charge in [-0.1, -0.05) is 20.3 Å². The van der Waals surface area contributed by atoms with E-state index in [0.717, 1.165) is 25.7 Å². The zero-order valence-electron chi connectivity index (χ0n) is 10.0. The number of aliphatic hydroxyl groups excluding tert-OH is 1. The molecule has 1 heterocycles. The summed E-state index contributed by atoms with van der Waals surface area (Å²) in [5.41, 5.74) is -0.161. The second-order valence-corrected chi connectivity index (χ2v) is 7.92. The predicted octanol–water partition coefficient (Wildman–Crippen LogP) is 0.962. The van der Waals surface area contributed by atoms with Gasteiger partial charge in [-0.15, -0.1) is 0 Å². The first-order valence-electron chi connectivity index (χ1n) is 6.01. The SMILES string of the molecule is CC1(C)CCN(S(=O)(=O)C2CCC2)CC1O. The minimum atomic E-state index is -3.14. The minimum absolute atomic E-state index is 0.161. The van der Waals surface area contributed by atoms with Crippen molar-refractivity contribution in [3.8, 4) is 0 Å². The maximum Gasteiger partial charge on any atom is 0.217 e. The Morgan fingerprint density at radius 3 is 2.38 bits per heavy atom. The van der Waals surface area contributed by atoms with Gasteiger partial charge in [0.15, 0.2) is 0 Å². The van der Waals surface area contributed by atoms with Gasteiger partial charge in [0, 0.05) is 13.1 Å². The lowest BCUT2D eigenvalue weighted by atomic mass is 9.81. The number of piperidine rings is 1. The monoisotopic (exact) mass is 247 g/mol. The fourth-order valence-electron chi connectivity index (χ4n) is 2.22. The Morgan fingerprint density at radius 1 is 1.31 bits per heavy atom. The molecule has 5 heteroatoms. The van der Waals surface area contributed by atoms with Gasteiger partial charge in [-0.2, -0.15) is 4.31 Å². The van der Waals surface area contributed by atoms with Crippen LogP contribution in [0.3, 0.4) is 0 Å². The number of sulfonamides is 1. The number of nitrogens with zero attached hydrogens (tertiary/aromatic N) is 1. The lowest BCUT2D eigenvalue weighted by Crippen LogP contribution is -2.53. The molecule has 1 saturated heterocycles. The molecule has 0 aromatic rings. The van der Waals surface area contributed by atoms with E-state index < -0.39 is 16.1 Å². The molecule has 1 N–H and O–H groups in total. The molecule has 0 aromatic carbocycles. The molecule has 2 aliphatic rings. The fraction of sp³-hybridized carbons (Fsp3) is 1.00. The minimum Gasteiger partial charge on any atom is -0.391 e. The van der Waals surface area contributed by atoms with Crippen molar-refractivity contribution in [2.24, 2.45) is 5.41 Å². The zero-order valence-corrected chi connectivity index (χ0v) is 10.8. The molecule has 0 radical (unpaired) electrons. The Morgan fingerprint density at radius 2 is 1.94 bits per heavy atom. The van der Waals surface area contributed by atoms with Gasteiger partial charge in [0.05, 0.1) is 11.4 Å². The normalized spacial score (nSPS) is 32.3. The highest BCUT2D eigenvalue weighted by molar-refractivity contribution is 7.89. The number of rotatable bonds is 2. The first kappa shape index (κ1) is 12.3. The van der Waals surface area contributed by atoms with E-state index in [0.29, 0.717) is 6.54 Å². The van der Waals surface area contributed by atoms with Crippen LogP contribution in [0.4, 0.5) is 0 Å². The van der Waals surface area contributed by atoms with E-state index in [9.17, 15) is 13.5 Å². The summed E-state index contributed by atoms with van der Waals surface area (Å²) in [6.07, 6.45) is 2.79. The molecular formula is C11H21NO3S. The molecule has 2 rings (SSSR count). The van der Waals surface area contributed by atoms with E-state index in [4.69, 9.17) is 0 Å². The van der Waals surface area contributed by atoms with Gasteiger partial charge in [0.2, 0.25) is 10.0 Å². The van der Waals surface area contributed by atoms with Crippen LogP contribution in [0.25, 0.3) is 0 Å². The number of aliphatic hydroxyl groups is 1. The number of hydrogen-bond donors (Lipinski definition) is 1. The van der Waals surface area contributed by atoms with Crippen LogP contribution < -0.4 is 0 Å². The molecule has 0 bridgehead atoms. The van der Waals surface area contributed by atoms with Crippen LogP contribution in [-0.4, -0.2) is 42.3 Å². The van der Waals surface area contributed by atoms with Crippen molar-refractivity contribution in [1.82, 2.24) is 4.31 Å². The second kappa shape index (κ2) is 3.96. The molecule has 4 nitrogen and oxygen atoms in total. The summed E-state index contributed by atoms with van der Waals surface area (Å²) in [5, 5.41) is 9.76. The molecule has 1 atom stereocenters. The van der Waals surface area contributed by atoms with Crippen molar-refractivity contribution in [3.63, 3.8) is 0 Å². The Labute approximate surface area is 97.7 Å². The maximum atomic E-state index is 12.1. The van der Waals surface area contributed by atoms with Crippen LogP contribution >= 0.6 is 0 Å². The van der Waals surface area contributed by atoms with Crippen molar-refractivity contribution in [1.29, 1.82) is 0 Å². The van der Waals surface area contributed by atoms with Crippen molar-refractivity contribution >= 4 is 10.0 Å². The van der Waals surface area contributed by atoms with Crippen molar-refractivity contribution in [2.75, 3.05) is 13.1 Å². The third-order valence-corrected chi connectivity index (χ3v) is 6.48. The molecule has 1 unspecified atom stereocenters. The highest BCUT2D eigenvalue weighted by Gasteiger charge is 2.42. The maximum absolute atomic E-state index is 12.1. The van der Waals surface area contributed by atoms with Crippen LogP contribution in [0.15, 0.2) is 0 Å². The third kappa shape index (κ3) is 2.00. The average molecular weight is 247 g/mol. The van der Waals surface area contributed by atoms with Crippen LogP contribution in [-0.2, 0) is 10.0 Å². The summed E-state index contributed by atoms with van der Waals surface area (Å²) in [6.45, 7) is 4.81. The summed E-state index contributed by atoms with van der Waals surface area (Å²) < 4.78 is 25.8. The van der Waals surface area contributed by atoms with Crippen molar-refractivity contribution in [2.45, 2.75) is 50.9 Å². The van der Waals surface area contributed by atoms with E-state index >= 15 is 0 Å². The molecular weight excluding hydrogens is 226 g/mol. The number of hydrogen-bond acceptors (Lipinski definition) is 3. The first-order chi connectivity index (χ1) is 7.34. The average Bonchev–Trinajstić information content (AvgIpc) is 2.05. The van der Waals surface area contributed by atoms with Crippen LogP contribution in [0.2, 0.25) is 0 Å². The molecule has 0 amide bonds. The van der Waals surface area contributed by atoms with Gasteiger partial charge in [-0.3, -0.25) is 0 Å². The predicted molar refractivity (Wildman–Crippen MR) is 62.5 cm³/mol. The van der Waals surface area contributed by atoms with Gasteiger partial charge in [0.1, 0.15) is 0 Å². The van der Waals surface area contributed by atoms with E-state index in [1.165, 1.54) is 4.31 Å². The second-order valence-electron chi connectivity index (χ2n) is 5.71. The summed E-state index contributed by atoms with van der Waals surface area (Å²) in [5.74, 6) is 0. The first-order valence-corrected chi connectivity index (χ1v) is 7.51. The summed E-state index contributed by atoms with van der Waals surface area (Å²) >= 11 is 0. The Kier molecular flexibility index (Phi) is 3.05. The molecule has 1 saturated carbocycles. The van der Waals surface area contributed by atoms with Gasteiger partial charge in [-0.25, -0.2) is 8.42 Å². The Hall–Kier alpha value is -0.130. The summed E-state index contributed by atoms with van der Waals surface area (Å²) in [7, 11) is -3.14. The van der Waals surface area contributed by atoms with Gasteiger partial charge in [-0.05, 0) is 24.7 Å². The highest BCUT2D eigenvalue weighted by Crippen LogP contribution is 2.35. The summed E-state index contributed by atoms with van der Waals surface area (Å²) in [4.78, 5) is 0. The van der Waals surface area contributed by atoms with E-state index in [1.807, 2.05) is 13.8 Å². The lowest BCUT2D eigenvalue weighted by molar-refractivity contribution is -0.00117. The van der Waals surface area contributed by atoms with Crippen LogP contribution in [0, 0.1) is 5.41 Å². The van der Waals surface area contributed by atoms with Crippen LogP contribution in [0.1, 0.15) is 39.5 Å². The van der Waals surface area contributed by atoms with E-state index in [1.54, 1.807) is 0 Å². The molecule has 0 spiro atoms. The Bertz CT molecular complexity index is 359. The zero-order chi connectivity index (χ0) is 12.0. The topological polar surface area (TPSA) is 57.6 Å². The molecule has 1 aliphatic heterocycles. The molecule has 0 aromatic heterocycles. The molecule has 16 heavy (non-hydrogen) atoms. The standard InChI is InChI=1S/C11H21NO3S/c1-11(2)6-7-12(8-10(11)13)16(14,15)9-4-3-5-9/h9-10,13H,3-8H2,1-2H3. The summed E-state index contributed by atoms with van der Waals surface area (Å²) in [6, 6.07) is 0. The molecule has 94 valence electrons. The largest absolute Gasteiger partial charge is 0.391 e. The molecule has 2 fully saturated rings. The van der Waals surface area contributed by atoms with Gasteiger partial charge < -0.3 is 5.11 Å². The third-order valence-electron chi connectivity index (χ3n) is 4.12. The van der Waals surface area contributed by atoms with Gasteiger partial charge in [0.25, 0.3) is 0 Å². The van der Waals surface area contributed by atoms with Gasteiger partial charge >= 0.3 is 0 Å².